The number of amides is 1. The van der Waals surface area contributed by atoms with Gasteiger partial charge in [-0.2, -0.15) is 0 Å². The quantitative estimate of drug-likeness (QED) is 0.827. The molecule has 2 aliphatic rings. The average Bonchev–Trinajstić information content (AvgIpc) is 3.13. The van der Waals surface area contributed by atoms with Crippen molar-refractivity contribution in [1.29, 1.82) is 0 Å². The highest BCUT2D eigenvalue weighted by Gasteiger charge is 2.50. The first-order valence-electron chi connectivity index (χ1n) is 7.29. The van der Waals surface area contributed by atoms with Crippen LogP contribution >= 0.6 is 0 Å². The summed E-state index contributed by atoms with van der Waals surface area (Å²) in [6.07, 6.45) is 3.49. The maximum Gasteiger partial charge on any atom is 0.246 e. The van der Waals surface area contributed by atoms with E-state index in [9.17, 15) is 4.79 Å². The molecule has 3 rings (SSSR count). The van der Waals surface area contributed by atoms with Gasteiger partial charge in [-0.25, -0.2) is 0 Å². The van der Waals surface area contributed by atoms with Crippen molar-refractivity contribution in [1.82, 2.24) is 10.2 Å². The minimum absolute atomic E-state index is 0.0349. The first kappa shape index (κ1) is 14.6. The Morgan fingerprint density at radius 3 is 3.29 bits per heavy atom. The third-order valence-electron chi connectivity index (χ3n) is 4.49. The van der Waals surface area contributed by atoms with E-state index in [1.54, 1.807) is 12.5 Å². The Labute approximate surface area is 124 Å². The van der Waals surface area contributed by atoms with E-state index < -0.39 is 0 Å². The van der Waals surface area contributed by atoms with Gasteiger partial charge in [0.1, 0.15) is 6.61 Å². The van der Waals surface area contributed by atoms with Gasteiger partial charge in [0.25, 0.3) is 0 Å². The van der Waals surface area contributed by atoms with Gasteiger partial charge < -0.3 is 19.2 Å². The Bertz CT molecular complexity index is 476. The molecule has 1 aromatic rings. The third-order valence-corrected chi connectivity index (χ3v) is 4.49. The monoisotopic (exact) mass is 294 g/mol. The largest absolute Gasteiger partial charge is 0.472 e. The molecule has 1 amide bonds. The summed E-state index contributed by atoms with van der Waals surface area (Å²) in [5, 5.41) is 2.98. The van der Waals surface area contributed by atoms with E-state index in [-0.39, 0.29) is 17.9 Å². The normalized spacial score (nSPS) is 28.7. The maximum absolute atomic E-state index is 11.6. The van der Waals surface area contributed by atoms with Crippen molar-refractivity contribution < 1.29 is 18.7 Å². The Hall–Kier alpha value is -1.37. The summed E-state index contributed by atoms with van der Waals surface area (Å²) in [6, 6.07) is 2.00. The van der Waals surface area contributed by atoms with Crippen LogP contribution in [0.1, 0.15) is 5.56 Å². The highest BCUT2D eigenvalue weighted by molar-refractivity contribution is 5.77. The minimum Gasteiger partial charge on any atom is -0.472 e. The summed E-state index contributed by atoms with van der Waals surface area (Å²) in [4.78, 5) is 14.0. The van der Waals surface area contributed by atoms with E-state index >= 15 is 0 Å². The van der Waals surface area contributed by atoms with Crippen LogP contribution in [0, 0.1) is 11.3 Å². The molecule has 1 N–H and O–H groups in total. The number of likely N-dealkylation sites (tertiary alicyclic amines) is 1. The molecule has 2 fully saturated rings. The van der Waals surface area contributed by atoms with Crippen molar-refractivity contribution in [2.45, 2.75) is 6.54 Å². The first-order valence-corrected chi connectivity index (χ1v) is 7.29. The fourth-order valence-electron chi connectivity index (χ4n) is 3.41. The van der Waals surface area contributed by atoms with Crippen molar-refractivity contribution >= 4 is 5.91 Å². The number of fused-ring (bicyclic) bond motifs is 1. The summed E-state index contributed by atoms with van der Waals surface area (Å²) >= 11 is 0. The zero-order valence-corrected chi connectivity index (χ0v) is 12.3. The van der Waals surface area contributed by atoms with Crippen LogP contribution < -0.4 is 5.32 Å². The van der Waals surface area contributed by atoms with Crippen LogP contribution in [-0.2, 0) is 20.8 Å². The second-order valence-corrected chi connectivity index (χ2v) is 6.09. The van der Waals surface area contributed by atoms with Gasteiger partial charge in [-0.05, 0) is 6.07 Å². The van der Waals surface area contributed by atoms with Crippen LogP contribution in [0.3, 0.4) is 0 Å². The van der Waals surface area contributed by atoms with Gasteiger partial charge in [-0.15, -0.1) is 0 Å². The van der Waals surface area contributed by atoms with Crippen LogP contribution in [-0.4, -0.2) is 57.4 Å². The average molecular weight is 294 g/mol. The second kappa shape index (κ2) is 6.17. The molecule has 21 heavy (non-hydrogen) atoms. The lowest BCUT2D eigenvalue weighted by Gasteiger charge is -2.27. The molecule has 3 heterocycles. The lowest BCUT2D eigenvalue weighted by atomic mass is 9.81. The number of methoxy groups -OCH3 is 1. The molecule has 0 saturated carbocycles. The van der Waals surface area contributed by atoms with E-state index in [4.69, 9.17) is 13.9 Å². The van der Waals surface area contributed by atoms with E-state index in [0.717, 1.165) is 26.2 Å². The van der Waals surface area contributed by atoms with E-state index in [0.29, 0.717) is 19.1 Å². The molecule has 0 radical (unpaired) electrons. The molecule has 0 aromatic carbocycles. The van der Waals surface area contributed by atoms with Crippen molar-refractivity contribution in [2.24, 2.45) is 11.3 Å². The molecular formula is C15H22N2O4. The van der Waals surface area contributed by atoms with Crippen LogP contribution in [0.5, 0.6) is 0 Å². The van der Waals surface area contributed by atoms with Gasteiger partial charge in [0.15, 0.2) is 0 Å². The van der Waals surface area contributed by atoms with Gasteiger partial charge in [0.05, 0.1) is 25.7 Å². The smallest absolute Gasteiger partial charge is 0.246 e. The molecule has 0 bridgehead atoms. The van der Waals surface area contributed by atoms with Gasteiger partial charge in [0, 0.05) is 50.2 Å². The number of carbonyl (C=O) groups excluding carboxylic acids is 1. The topological polar surface area (TPSA) is 63.9 Å². The van der Waals surface area contributed by atoms with E-state index in [2.05, 4.69) is 10.2 Å². The number of hydrogen-bond donors (Lipinski definition) is 1. The van der Waals surface area contributed by atoms with Gasteiger partial charge in [0.2, 0.25) is 5.91 Å². The van der Waals surface area contributed by atoms with Gasteiger partial charge in [-0.1, -0.05) is 0 Å². The molecule has 2 atom stereocenters. The van der Waals surface area contributed by atoms with E-state index in [1.165, 1.54) is 12.7 Å². The molecular weight excluding hydrogens is 272 g/mol. The minimum atomic E-state index is -0.0641. The number of furan rings is 1. The summed E-state index contributed by atoms with van der Waals surface area (Å²) in [7, 11) is 1.53. The van der Waals surface area contributed by atoms with Gasteiger partial charge in [-0.3, -0.25) is 9.69 Å². The second-order valence-electron chi connectivity index (χ2n) is 6.09. The van der Waals surface area contributed by atoms with Crippen LogP contribution in [0.4, 0.5) is 0 Å². The molecule has 116 valence electrons. The fraction of sp³-hybridized carbons (Fsp3) is 0.667. The molecule has 1 aromatic heterocycles. The molecule has 0 unspecified atom stereocenters. The number of nitrogens with zero attached hydrogens (tertiary/aromatic N) is 1. The molecule has 0 aliphatic carbocycles. The standard InChI is InChI=1S/C15H22N2O4/c1-19-8-14(18)16-9-15-10-17(4-12-2-3-20-6-12)5-13(15)7-21-11-15/h2-3,6,13H,4-5,7-11H2,1H3,(H,16,18)/t13-,15+/m0/s1. The molecule has 2 aliphatic heterocycles. The highest BCUT2D eigenvalue weighted by atomic mass is 16.5. The Morgan fingerprint density at radius 1 is 1.62 bits per heavy atom. The van der Waals surface area contributed by atoms with Crippen LogP contribution in [0.15, 0.2) is 23.0 Å². The Kier molecular flexibility index (Phi) is 4.28. The Balaban J connectivity index is 1.59. The fourth-order valence-corrected chi connectivity index (χ4v) is 3.41. The van der Waals surface area contributed by atoms with Crippen LogP contribution in [0.25, 0.3) is 0 Å². The first-order chi connectivity index (χ1) is 10.2. The zero-order valence-electron chi connectivity index (χ0n) is 12.3. The van der Waals surface area contributed by atoms with Crippen molar-refractivity contribution in [3.05, 3.63) is 24.2 Å². The van der Waals surface area contributed by atoms with Gasteiger partial charge >= 0.3 is 0 Å². The Morgan fingerprint density at radius 2 is 2.52 bits per heavy atom. The predicted octanol–water partition coefficient (Wildman–Crippen LogP) is 0.491. The predicted molar refractivity (Wildman–Crippen MR) is 75.6 cm³/mol. The number of rotatable bonds is 6. The molecule has 0 spiro atoms. The number of carbonyl (C=O) groups is 1. The van der Waals surface area contributed by atoms with Crippen LogP contribution in [0.2, 0.25) is 0 Å². The third kappa shape index (κ3) is 3.12. The summed E-state index contributed by atoms with van der Waals surface area (Å²) in [5.74, 6) is 0.415. The lowest BCUT2D eigenvalue weighted by molar-refractivity contribution is -0.125. The summed E-state index contributed by atoms with van der Waals surface area (Å²) < 4.78 is 15.6. The van der Waals surface area contributed by atoms with E-state index in [1.807, 2.05) is 6.07 Å². The number of nitrogens with one attached hydrogen (secondary N) is 1. The SMILES string of the molecule is COCC(=O)NC[C@@]12COC[C@@H]1CN(Cc1ccoc1)C2. The molecule has 2 saturated heterocycles. The van der Waals surface area contributed by atoms with Crippen molar-refractivity contribution in [2.75, 3.05) is 46.6 Å². The zero-order chi connectivity index (χ0) is 14.7. The van der Waals surface area contributed by atoms with Crippen molar-refractivity contribution in [3.8, 4) is 0 Å². The molecule has 6 nitrogen and oxygen atoms in total. The maximum atomic E-state index is 11.6. The number of hydrogen-bond acceptors (Lipinski definition) is 5. The summed E-state index contributed by atoms with van der Waals surface area (Å²) in [5.41, 5.74) is 1.22. The summed E-state index contributed by atoms with van der Waals surface area (Å²) in [6.45, 7) is 5.10. The van der Waals surface area contributed by atoms with Crippen molar-refractivity contribution in [3.63, 3.8) is 0 Å². The molecule has 6 heteroatoms. The number of ether oxygens (including phenoxy) is 2. The lowest BCUT2D eigenvalue weighted by Crippen LogP contribution is -2.44. The highest BCUT2D eigenvalue weighted by Crippen LogP contribution is 2.41.